The number of aliphatic hydroxyl groups is 2. The van der Waals surface area contributed by atoms with Gasteiger partial charge in [-0.05, 0) is 94.7 Å². The molecule has 1 aromatic rings. The lowest BCUT2D eigenvalue weighted by molar-refractivity contribution is -0.248. The van der Waals surface area contributed by atoms with E-state index in [0.717, 1.165) is 18.3 Å². The molecule has 0 spiro atoms. The number of aldehydes is 1. The molecule has 4 aliphatic carbocycles. The molecule has 1 heterocycles. The van der Waals surface area contributed by atoms with E-state index in [4.69, 9.17) is 13.9 Å². The van der Waals surface area contributed by atoms with Crippen LogP contribution in [0, 0.1) is 22.7 Å². The Kier molecular flexibility index (Phi) is 7.98. The van der Waals surface area contributed by atoms with Gasteiger partial charge in [0.15, 0.2) is 0 Å². The highest BCUT2D eigenvalue weighted by molar-refractivity contribution is 5.75. The number of hydrogen-bond donors (Lipinski definition) is 2. The highest BCUT2D eigenvalue weighted by Crippen LogP contribution is 2.71. The fraction of sp³-hybridized carbons (Fsp3) is 0.742. The van der Waals surface area contributed by atoms with E-state index in [0.29, 0.717) is 44.9 Å². The van der Waals surface area contributed by atoms with E-state index in [1.807, 2.05) is 0 Å². The van der Waals surface area contributed by atoms with E-state index in [1.165, 1.54) is 17.2 Å². The van der Waals surface area contributed by atoms with Crippen molar-refractivity contribution in [3.05, 3.63) is 34.4 Å². The third-order valence-corrected chi connectivity index (χ3v) is 11.2. The first-order valence-electron chi connectivity index (χ1n) is 14.9. The van der Waals surface area contributed by atoms with Gasteiger partial charge in [-0.1, -0.05) is 6.92 Å². The van der Waals surface area contributed by atoms with Crippen LogP contribution in [0.5, 0.6) is 0 Å². The first kappa shape index (κ1) is 29.9. The van der Waals surface area contributed by atoms with Crippen LogP contribution in [0.15, 0.2) is 27.6 Å². The summed E-state index contributed by atoms with van der Waals surface area (Å²) in [5.74, 6) is -1.21. The zero-order valence-electron chi connectivity index (χ0n) is 24.3. The first-order chi connectivity index (χ1) is 19.4. The molecule has 10 nitrogen and oxygen atoms in total. The van der Waals surface area contributed by atoms with Crippen LogP contribution >= 0.6 is 0 Å². The van der Waals surface area contributed by atoms with Gasteiger partial charge in [-0.3, -0.25) is 14.5 Å². The lowest BCUT2D eigenvalue weighted by atomic mass is 9.41. The third kappa shape index (κ3) is 4.85. The number of carbonyl (C=O) groups excluding carboxylic acids is 3. The minimum Gasteiger partial charge on any atom is -0.465 e. The van der Waals surface area contributed by atoms with Crippen molar-refractivity contribution in [2.75, 3.05) is 26.7 Å². The van der Waals surface area contributed by atoms with Crippen LogP contribution in [0.2, 0.25) is 0 Å². The minimum atomic E-state index is -1.33. The third-order valence-electron chi connectivity index (χ3n) is 11.2. The molecule has 4 aliphatic rings. The summed E-state index contributed by atoms with van der Waals surface area (Å²) in [6.45, 7) is 3.98. The van der Waals surface area contributed by atoms with Gasteiger partial charge in [0.1, 0.15) is 12.4 Å². The standard InChI is InChI=1S/C31H43NO9/c1-4-39-26(35)16-32(3)17-27(36)41-21-7-12-29(19-33)23-8-11-28(2)22(20-5-6-25(34)40-18-20)10-14-31(28,38)24(23)9-13-30(29,37)15-21/h5-6,18-19,21-24,37-38H,4,7-17H2,1-3H3. The van der Waals surface area contributed by atoms with Gasteiger partial charge < -0.3 is 28.9 Å². The highest BCUT2D eigenvalue weighted by Gasteiger charge is 2.71. The molecule has 0 amide bonds. The van der Waals surface area contributed by atoms with Crippen LogP contribution in [0.3, 0.4) is 0 Å². The summed E-state index contributed by atoms with van der Waals surface area (Å²) >= 11 is 0. The molecule has 4 fully saturated rings. The van der Waals surface area contributed by atoms with Gasteiger partial charge in [0.25, 0.3) is 0 Å². The topological polar surface area (TPSA) is 144 Å². The fourth-order valence-corrected chi connectivity index (χ4v) is 9.26. The second kappa shape index (κ2) is 10.9. The van der Waals surface area contributed by atoms with E-state index in [2.05, 4.69) is 6.92 Å². The van der Waals surface area contributed by atoms with E-state index < -0.39 is 45.7 Å². The summed E-state index contributed by atoms with van der Waals surface area (Å²) < 4.78 is 15.8. The summed E-state index contributed by atoms with van der Waals surface area (Å²) in [5.41, 5.74) is -3.30. The van der Waals surface area contributed by atoms with Crippen molar-refractivity contribution < 1.29 is 38.5 Å². The molecule has 0 saturated heterocycles. The predicted molar refractivity (Wildman–Crippen MR) is 147 cm³/mol. The Bertz CT molecular complexity index is 1210. The summed E-state index contributed by atoms with van der Waals surface area (Å²) in [6, 6.07) is 3.22. The average Bonchev–Trinajstić information content (AvgIpc) is 3.19. The Morgan fingerprint density at radius 2 is 1.78 bits per heavy atom. The van der Waals surface area contributed by atoms with Crippen molar-refractivity contribution >= 4 is 18.2 Å². The molecule has 0 aliphatic heterocycles. The molecule has 0 aromatic carbocycles. The maximum atomic E-state index is 13.0. The Balaban J connectivity index is 1.30. The second-order valence-corrected chi connectivity index (χ2v) is 13.1. The van der Waals surface area contributed by atoms with E-state index >= 15 is 0 Å². The van der Waals surface area contributed by atoms with Crippen molar-refractivity contribution in [1.82, 2.24) is 4.90 Å². The Morgan fingerprint density at radius 1 is 1.05 bits per heavy atom. The van der Waals surface area contributed by atoms with Gasteiger partial charge >= 0.3 is 17.6 Å². The number of rotatable bonds is 8. The van der Waals surface area contributed by atoms with Crippen LogP contribution < -0.4 is 5.63 Å². The highest BCUT2D eigenvalue weighted by atomic mass is 16.5. The molecule has 0 radical (unpaired) electrons. The van der Waals surface area contributed by atoms with Crippen LogP contribution in [0.25, 0.3) is 0 Å². The van der Waals surface area contributed by atoms with Gasteiger partial charge in [-0.2, -0.15) is 0 Å². The number of esters is 2. The zero-order chi connectivity index (χ0) is 29.6. The first-order valence-corrected chi connectivity index (χ1v) is 14.9. The monoisotopic (exact) mass is 573 g/mol. The molecular formula is C31H43NO9. The Morgan fingerprint density at radius 3 is 2.46 bits per heavy atom. The molecule has 8 atom stereocenters. The van der Waals surface area contributed by atoms with Gasteiger partial charge in [0, 0.05) is 17.9 Å². The van der Waals surface area contributed by atoms with Crippen LogP contribution in [0.1, 0.15) is 83.1 Å². The van der Waals surface area contributed by atoms with Crippen molar-refractivity contribution in [1.29, 1.82) is 0 Å². The molecule has 5 rings (SSSR count). The van der Waals surface area contributed by atoms with Crippen molar-refractivity contribution in [2.45, 2.75) is 94.9 Å². The van der Waals surface area contributed by atoms with Crippen molar-refractivity contribution in [2.24, 2.45) is 22.7 Å². The van der Waals surface area contributed by atoms with E-state index in [1.54, 1.807) is 20.0 Å². The summed E-state index contributed by atoms with van der Waals surface area (Å²) in [7, 11) is 1.63. The molecule has 8 unspecified atom stereocenters. The molecule has 0 bridgehead atoms. The van der Waals surface area contributed by atoms with Gasteiger partial charge in [-0.25, -0.2) is 4.79 Å². The predicted octanol–water partition coefficient (Wildman–Crippen LogP) is 2.58. The molecule has 4 saturated carbocycles. The number of fused-ring (bicyclic) bond motifs is 5. The minimum absolute atomic E-state index is 0.0305. The molecule has 1 aromatic heterocycles. The number of carbonyl (C=O) groups is 3. The molecule has 41 heavy (non-hydrogen) atoms. The Hall–Kier alpha value is -2.56. The quantitative estimate of drug-likeness (QED) is 0.352. The smallest absolute Gasteiger partial charge is 0.335 e. The average molecular weight is 574 g/mol. The van der Waals surface area contributed by atoms with Crippen LogP contribution in [-0.4, -0.2) is 77.4 Å². The number of likely N-dealkylation sites (N-methyl/N-ethyl adjacent to an activating group) is 1. The maximum absolute atomic E-state index is 13.0. The van der Waals surface area contributed by atoms with Gasteiger partial charge in [0.2, 0.25) is 0 Å². The van der Waals surface area contributed by atoms with Crippen LogP contribution in [-0.2, 0) is 23.9 Å². The summed E-state index contributed by atoms with van der Waals surface area (Å²) in [5, 5.41) is 24.4. The van der Waals surface area contributed by atoms with E-state index in [-0.39, 0.29) is 43.9 Å². The van der Waals surface area contributed by atoms with Crippen molar-refractivity contribution in [3.8, 4) is 0 Å². The normalized spacial score (nSPS) is 39.8. The van der Waals surface area contributed by atoms with Gasteiger partial charge in [0.05, 0.1) is 42.6 Å². The van der Waals surface area contributed by atoms with Crippen molar-refractivity contribution in [3.63, 3.8) is 0 Å². The largest absolute Gasteiger partial charge is 0.465 e. The lowest BCUT2D eigenvalue weighted by Gasteiger charge is -2.65. The second-order valence-electron chi connectivity index (χ2n) is 13.1. The molecule has 10 heteroatoms. The summed E-state index contributed by atoms with van der Waals surface area (Å²) in [4.78, 5) is 50.4. The molecule has 2 N–H and O–H groups in total. The van der Waals surface area contributed by atoms with E-state index in [9.17, 15) is 29.4 Å². The molecule has 226 valence electrons. The fourth-order valence-electron chi connectivity index (χ4n) is 9.26. The molecular weight excluding hydrogens is 530 g/mol. The number of nitrogens with zero attached hydrogens (tertiary/aromatic N) is 1. The lowest BCUT2D eigenvalue weighted by Crippen LogP contribution is -2.68. The maximum Gasteiger partial charge on any atom is 0.335 e. The Labute approximate surface area is 240 Å². The zero-order valence-corrected chi connectivity index (χ0v) is 24.3. The summed E-state index contributed by atoms with van der Waals surface area (Å²) in [6.07, 6.45) is 6.54. The van der Waals surface area contributed by atoms with Crippen LogP contribution in [0.4, 0.5) is 0 Å². The SMILES string of the molecule is CCOC(=O)CN(C)CC(=O)OC1CCC2(C=O)C3CCC4(C)C(c5ccc(=O)oc5)CCC4(O)C3CCC2(O)C1. The number of hydrogen-bond acceptors (Lipinski definition) is 10. The van der Waals surface area contributed by atoms with Gasteiger partial charge in [-0.15, -0.1) is 0 Å². The number of ether oxygens (including phenoxy) is 2.